The second kappa shape index (κ2) is 3.60. The van der Waals surface area contributed by atoms with E-state index in [1.807, 2.05) is 24.4 Å². The maximum absolute atomic E-state index is 4.33. The molecule has 0 amide bonds. The van der Waals surface area contributed by atoms with Gasteiger partial charge in [0.05, 0.1) is 0 Å². The van der Waals surface area contributed by atoms with Gasteiger partial charge in [0.2, 0.25) is 0 Å². The lowest BCUT2D eigenvalue weighted by Crippen LogP contribution is -1.91. The van der Waals surface area contributed by atoms with E-state index >= 15 is 0 Å². The Hall–Kier alpha value is -1.31. The van der Waals surface area contributed by atoms with E-state index in [0.29, 0.717) is 0 Å². The first-order valence-corrected chi connectivity index (χ1v) is 4.83. The van der Waals surface area contributed by atoms with Crippen LogP contribution in [0.2, 0.25) is 0 Å². The first kappa shape index (κ1) is 8.30. The molecule has 2 aromatic heterocycles. The van der Waals surface area contributed by atoms with Crippen molar-refractivity contribution >= 4 is 5.65 Å². The van der Waals surface area contributed by atoms with Gasteiger partial charge in [-0.2, -0.15) is 0 Å². The third-order valence-electron chi connectivity index (χ3n) is 2.28. The Labute approximate surface area is 78.2 Å². The fraction of sp³-hybridized carbons (Fsp3) is 0.364. The molecule has 2 aromatic rings. The van der Waals surface area contributed by atoms with Crippen LogP contribution in [0.5, 0.6) is 0 Å². The van der Waals surface area contributed by atoms with Gasteiger partial charge >= 0.3 is 0 Å². The average Bonchev–Trinajstić information content (AvgIpc) is 2.58. The fourth-order valence-electron chi connectivity index (χ4n) is 1.53. The SMILES string of the molecule is CCCCc1cnc2ccccn12. The van der Waals surface area contributed by atoms with Crippen LogP contribution < -0.4 is 0 Å². The van der Waals surface area contributed by atoms with E-state index in [0.717, 1.165) is 12.1 Å². The van der Waals surface area contributed by atoms with E-state index in [1.165, 1.54) is 18.5 Å². The van der Waals surface area contributed by atoms with Crippen molar-refractivity contribution in [2.45, 2.75) is 26.2 Å². The average molecular weight is 174 g/mol. The predicted octanol–water partition coefficient (Wildman–Crippen LogP) is 2.68. The molecule has 0 saturated carbocycles. The first-order chi connectivity index (χ1) is 6.42. The van der Waals surface area contributed by atoms with Crippen LogP contribution in [0.3, 0.4) is 0 Å². The third-order valence-corrected chi connectivity index (χ3v) is 2.28. The third kappa shape index (κ3) is 1.57. The fourth-order valence-corrected chi connectivity index (χ4v) is 1.53. The monoisotopic (exact) mass is 174 g/mol. The van der Waals surface area contributed by atoms with Crippen LogP contribution in [0, 0.1) is 0 Å². The Morgan fingerprint density at radius 2 is 2.31 bits per heavy atom. The minimum Gasteiger partial charge on any atom is -0.304 e. The summed E-state index contributed by atoms with van der Waals surface area (Å²) in [5.41, 5.74) is 2.37. The highest BCUT2D eigenvalue weighted by molar-refractivity contribution is 5.39. The molecule has 2 rings (SSSR count). The summed E-state index contributed by atoms with van der Waals surface area (Å²) < 4.78 is 2.16. The van der Waals surface area contributed by atoms with Gasteiger partial charge in [-0.25, -0.2) is 4.98 Å². The number of nitrogens with zero attached hydrogens (tertiary/aromatic N) is 2. The molecule has 0 atom stereocenters. The summed E-state index contributed by atoms with van der Waals surface area (Å²) in [5.74, 6) is 0. The molecular formula is C11H14N2. The highest BCUT2D eigenvalue weighted by Crippen LogP contribution is 2.08. The standard InChI is InChI=1S/C11H14N2/c1-2-3-6-10-9-12-11-7-4-5-8-13(10)11/h4-5,7-9H,2-3,6H2,1H3. The molecule has 0 aliphatic rings. The number of hydrogen-bond acceptors (Lipinski definition) is 1. The summed E-state index contributed by atoms with van der Waals surface area (Å²) in [5, 5.41) is 0. The van der Waals surface area contributed by atoms with Gasteiger partial charge in [-0.3, -0.25) is 0 Å². The van der Waals surface area contributed by atoms with E-state index in [9.17, 15) is 0 Å². The molecule has 13 heavy (non-hydrogen) atoms. The Kier molecular flexibility index (Phi) is 2.30. The van der Waals surface area contributed by atoms with Gasteiger partial charge in [-0.05, 0) is 25.0 Å². The molecule has 68 valence electrons. The molecule has 0 aliphatic heterocycles. The van der Waals surface area contributed by atoms with Crippen molar-refractivity contribution in [3.8, 4) is 0 Å². The van der Waals surface area contributed by atoms with Gasteiger partial charge < -0.3 is 4.40 Å². The van der Waals surface area contributed by atoms with Gasteiger partial charge in [-0.1, -0.05) is 19.4 Å². The topological polar surface area (TPSA) is 17.3 Å². The quantitative estimate of drug-likeness (QED) is 0.699. The molecule has 0 unspecified atom stereocenters. The van der Waals surface area contributed by atoms with Crippen LogP contribution in [-0.4, -0.2) is 9.38 Å². The Morgan fingerprint density at radius 3 is 3.15 bits per heavy atom. The number of rotatable bonds is 3. The van der Waals surface area contributed by atoms with Crippen LogP contribution in [0.1, 0.15) is 25.5 Å². The van der Waals surface area contributed by atoms with Crippen LogP contribution in [0.25, 0.3) is 5.65 Å². The van der Waals surface area contributed by atoms with Crippen LogP contribution >= 0.6 is 0 Å². The van der Waals surface area contributed by atoms with Crippen molar-refractivity contribution in [1.29, 1.82) is 0 Å². The normalized spacial score (nSPS) is 10.8. The summed E-state index contributed by atoms with van der Waals surface area (Å²) in [4.78, 5) is 4.33. The van der Waals surface area contributed by atoms with Crippen molar-refractivity contribution in [1.82, 2.24) is 9.38 Å². The largest absolute Gasteiger partial charge is 0.304 e. The summed E-state index contributed by atoms with van der Waals surface area (Å²) in [6, 6.07) is 6.10. The molecule has 0 aliphatic carbocycles. The molecule has 0 N–H and O–H groups in total. The molecule has 0 spiro atoms. The highest BCUT2D eigenvalue weighted by Gasteiger charge is 2.00. The summed E-state index contributed by atoms with van der Waals surface area (Å²) in [6.45, 7) is 2.21. The maximum Gasteiger partial charge on any atom is 0.136 e. The Morgan fingerprint density at radius 1 is 1.38 bits per heavy atom. The van der Waals surface area contributed by atoms with E-state index in [2.05, 4.69) is 22.5 Å². The van der Waals surface area contributed by atoms with Gasteiger partial charge in [0.25, 0.3) is 0 Å². The highest BCUT2D eigenvalue weighted by atomic mass is 15.0. The summed E-state index contributed by atoms with van der Waals surface area (Å²) >= 11 is 0. The Balaban J connectivity index is 2.35. The number of imidazole rings is 1. The van der Waals surface area contributed by atoms with Crippen molar-refractivity contribution in [2.24, 2.45) is 0 Å². The maximum atomic E-state index is 4.33. The molecule has 0 saturated heterocycles. The van der Waals surface area contributed by atoms with E-state index in [1.54, 1.807) is 0 Å². The second-order valence-electron chi connectivity index (χ2n) is 3.28. The second-order valence-corrected chi connectivity index (χ2v) is 3.28. The van der Waals surface area contributed by atoms with Crippen LogP contribution in [0.15, 0.2) is 30.6 Å². The first-order valence-electron chi connectivity index (χ1n) is 4.83. The molecule has 0 fully saturated rings. The summed E-state index contributed by atoms with van der Waals surface area (Å²) in [7, 11) is 0. The van der Waals surface area contributed by atoms with Crippen molar-refractivity contribution in [2.75, 3.05) is 0 Å². The van der Waals surface area contributed by atoms with Gasteiger partial charge in [-0.15, -0.1) is 0 Å². The summed E-state index contributed by atoms with van der Waals surface area (Å²) in [6.07, 6.45) is 7.66. The molecule has 2 nitrogen and oxygen atoms in total. The van der Waals surface area contributed by atoms with Crippen molar-refractivity contribution in [3.05, 3.63) is 36.3 Å². The van der Waals surface area contributed by atoms with Gasteiger partial charge in [0.15, 0.2) is 0 Å². The number of pyridine rings is 1. The van der Waals surface area contributed by atoms with Crippen LogP contribution in [0.4, 0.5) is 0 Å². The molecule has 0 aromatic carbocycles. The lowest BCUT2D eigenvalue weighted by Gasteiger charge is -1.98. The minimum absolute atomic E-state index is 1.05. The Bertz CT molecular complexity index is 390. The van der Waals surface area contributed by atoms with Crippen LogP contribution in [-0.2, 0) is 6.42 Å². The lowest BCUT2D eigenvalue weighted by atomic mass is 10.2. The van der Waals surface area contributed by atoms with E-state index < -0.39 is 0 Å². The molecule has 2 heteroatoms. The number of unbranched alkanes of at least 4 members (excludes halogenated alkanes) is 1. The number of aryl methyl sites for hydroxylation is 1. The zero-order valence-electron chi connectivity index (χ0n) is 7.90. The molecular weight excluding hydrogens is 160 g/mol. The lowest BCUT2D eigenvalue weighted by molar-refractivity contribution is 0.770. The molecule has 0 bridgehead atoms. The minimum atomic E-state index is 1.05. The molecule has 0 radical (unpaired) electrons. The van der Waals surface area contributed by atoms with Gasteiger partial charge in [0, 0.05) is 18.1 Å². The number of aromatic nitrogens is 2. The van der Waals surface area contributed by atoms with E-state index in [4.69, 9.17) is 0 Å². The van der Waals surface area contributed by atoms with Gasteiger partial charge in [0.1, 0.15) is 5.65 Å². The zero-order valence-corrected chi connectivity index (χ0v) is 7.90. The smallest absolute Gasteiger partial charge is 0.136 e. The number of hydrogen-bond donors (Lipinski definition) is 0. The predicted molar refractivity (Wildman–Crippen MR) is 53.8 cm³/mol. The molecule has 2 heterocycles. The van der Waals surface area contributed by atoms with Crippen molar-refractivity contribution in [3.63, 3.8) is 0 Å². The number of fused-ring (bicyclic) bond motifs is 1. The zero-order chi connectivity index (χ0) is 9.10. The van der Waals surface area contributed by atoms with E-state index in [-0.39, 0.29) is 0 Å². The van der Waals surface area contributed by atoms with Crippen molar-refractivity contribution < 1.29 is 0 Å².